The van der Waals surface area contributed by atoms with Crippen molar-refractivity contribution in [1.29, 1.82) is 10.5 Å². The number of rotatable bonds is 2. The van der Waals surface area contributed by atoms with Crippen LogP contribution in [0.2, 0.25) is 0 Å². The van der Waals surface area contributed by atoms with E-state index in [2.05, 4.69) is 4.98 Å². The molecule has 0 aliphatic heterocycles. The highest BCUT2D eigenvalue weighted by atomic mass is 14.6. The molecule has 1 heterocycles. The van der Waals surface area contributed by atoms with E-state index >= 15 is 0 Å². The Morgan fingerprint density at radius 3 is 2.33 bits per heavy atom. The summed E-state index contributed by atoms with van der Waals surface area (Å²) in [5, 5.41) is 17.0. The third-order valence-electron chi connectivity index (χ3n) is 1.50. The van der Waals surface area contributed by atoms with Crippen LogP contribution in [0, 0.1) is 28.6 Å². The maximum absolute atomic E-state index is 8.50. The molecule has 0 saturated carbocycles. The van der Waals surface area contributed by atoms with Crippen molar-refractivity contribution in [2.45, 2.75) is 6.42 Å². The number of nitriles is 2. The van der Waals surface area contributed by atoms with Crippen molar-refractivity contribution in [3.63, 3.8) is 0 Å². The lowest BCUT2D eigenvalue weighted by Gasteiger charge is -1.98. The van der Waals surface area contributed by atoms with Crippen molar-refractivity contribution in [3.8, 4) is 12.1 Å². The first-order chi connectivity index (χ1) is 5.86. The Morgan fingerprint density at radius 1 is 1.25 bits per heavy atom. The van der Waals surface area contributed by atoms with E-state index in [4.69, 9.17) is 10.5 Å². The van der Waals surface area contributed by atoms with Crippen LogP contribution in [0.25, 0.3) is 0 Å². The van der Waals surface area contributed by atoms with E-state index < -0.39 is 5.92 Å². The van der Waals surface area contributed by atoms with E-state index in [0.717, 1.165) is 5.56 Å². The molecule has 0 radical (unpaired) electrons. The van der Waals surface area contributed by atoms with E-state index in [0.29, 0.717) is 6.42 Å². The van der Waals surface area contributed by atoms with Crippen LogP contribution in [0.15, 0.2) is 24.5 Å². The lowest BCUT2D eigenvalue weighted by Crippen LogP contribution is -1.97. The summed E-state index contributed by atoms with van der Waals surface area (Å²) in [5.74, 6) is -0.549. The Balaban J connectivity index is 2.66. The summed E-state index contributed by atoms with van der Waals surface area (Å²) in [5.41, 5.74) is 0.970. The molecule has 3 nitrogen and oxygen atoms in total. The summed E-state index contributed by atoms with van der Waals surface area (Å²) in [4.78, 5) is 3.84. The highest BCUT2D eigenvalue weighted by Crippen LogP contribution is 2.05. The van der Waals surface area contributed by atoms with Crippen molar-refractivity contribution in [1.82, 2.24) is 4.98 Å². The molecule has 1 aromatic heterocycles. The summed E-state index contributed by atoms with van der Waals surface area (Å²) >= 11 is 0. The summed E-state index contributed by atoms with van der Waals surface area (Å²) < 4.78 is 0. The summed E-state index contributed by atoms with van der Waals surface area (Å²) in [6.07, 6.45) is 3.79. The fourth-order valence-electron chi connectivity index (χ4n) is 0.875. The highest BCUT2D eigenvalue weighted by Gasteiger charge is 2.05. The van der Waals surface area contributed by atoms with E-state index in [-0.39, 0.29) is 0 Å². The molecule has 0 atom stereocenters. The molecule has 1 rings (SSSR count). The zero-order valence-corrected chi connectivity index (χ0v) is 6.44. The second kappa shape index (κ2) is 4.10. The van der Waals surface area contributed by atoms with Gasteiger partial charge in [-0.1, -0.05) is 0 Å². The molecule has 0 saturated heterocycles. The van der Waals surface area contributed by atoms with Gasteiger partial charge in [-0.2, -0.15) is 10.5 Å². The van der Waals surface area contributed by atoms with Crippen LogP contribution in [0.4, 0.5) is 0 Å². The molecular formula is C9H7N3. The largest absolute Gasteiger partial charge is 0.265 e. The first-order valence-corrected chi connectivity index (χ1v) is 3.55. The SMILES string of the molecule is N#CC(C#N)Cc1ccncc1. The minimum Gasteiger partial charge on any atom is -0.265 e. The average molecular weight is 157 g/mol. The number of nitrogens with zero attached hydrogens (tertiary/aromatic N) is 3. The molecule has 0 fully saturated rings. The van der Waals surface area contributed by atoms with Gasteiger partial charge >= 0.3 is 0 Å². The second-order valence-electron chi connectivity index (χ2n) is 2.37. The predicted octanol–water partition coefficient (Wildman–Crippen LogP) is 1.29. The monoisotopic (exact) mass is 157 g/mol. The van der Waals surface area contributed by atoms with E-state index in [9.17, 15) is 0 Å². The van der Waals surface area contributed by atoms with Gasteiger partial charge in [0.05, 0.1) is 12.1 Å². The molecule has 0 aliphatic rings. The van der Waals surface area contributed by atoms with Crippen molar-refractivity contribution in [2.24, 2.45) is 5.92 Å². The van der Waals surface area contributed by atoms with Crippen LogP contribution >= 0.6 is 0 Å². The Bertz CT molecular complexity index is 304. The van der Waals surface area contributed by atoms with Gasteiger partial charge in [-0.3, -0.25) is 4.98 Å². The van der Waals surface area contributed by atoms with Crippen LogP contribution in [0.1, 0.15) is 5.56 Å². The fraction of sp³-hybridized carbons (Fsp3) is 0.222. The van der Waals surface area contributed by atoms with E-state index in [1.807, 2.05) is 24.3 Å². The average Bonchev–Trinajstić information content (AvgIpc) is 2.16. The van der Waals surface area contributed by atoms with Crippen molar-refractivity contribution in [2.75, 3.05) is 0 Å². The smallest absolute Gasteiger partial charge is 0.137 e. The van der Waals surface area contributed by atoms with Gasteiger partial charge in [-0.15, -0.1) is 0 Å². The molecule has 58 valence electrons. The first-order valence-electron chi connectivity index (χ1n) is 3.55. The molecule has 12 heavy (non-hydrogen) atoms. The summed E-state index contributed by atoms with van der Waals surface area (Å²) in [6, 6.07) is 7.45. The lowest BCUT2D eigenvalue weighted by atomic mass is 10.0. The quantitative estimate of drug-likeness (QED) is 0.649. The molecule has 0 bridgehead atoms. The predicted molar refractivity (Wildman–Crippen MR) is 42.7 cm³/mol. The summed E-state index contributed by atoms with van der Waals surface area (Å²) in [6.45, 7) is 0. The maximum atomic E-state index is 8.50. The Kier molecular flexibility index (Phi) is 2.81. The van der Waals surface area contributed by atoms with Gasteiger partial charge in [0.2, 0.25) is 0 Å². The Hall–Kier alpha value is -1.87. The minimum atomic E-state index is -0.549. The molecular weight excluding hydrogens is 150 g/mol. The van der Waals surface area contributed by atoms with Gasteiger partial charge in [-0.25, -0.2) is 0 Å². The molecule has 0 N–H and O–H groups in total. The molecule has 0 amide bonds. The zero-order valence-electron chi connectivity index (χ0n) is 6.44. The van der Waals surface area contributed by atoms with Gasteiger partial charge in [-0.05, 0) is 17.7 Å². The molecule has 1 aromatic rings. The molecule has 0 spiro atoms. The van der Waals surface area contributed by atoms with Crippen LogP contribution < -0.4 is 0 Å². The van der Waals surface area contributed by atoms with Crippen LogP contribution in [-0.4, -0.2) is 4.98 Å². The second-order valence-corrected chi connectivity index (χ2v) is 2.37. The molecule has 0 aliphatic carbocycles. The fourth-order valence-corrected chi connectivity index (χ4v) is 0.875. The van der Waals surface area contributed by atoms with Gasteiger partial charge in [0, 0.05) is 18.8 Å². The van der Waals surface area contributed by atoms with Gasteiger partial charge in [0.1, 0.15) is 5.92 Å². The van der Waals surface area contributed by atoms with Crippen molar-refractivity contribution >= 4 is 0 Å². The number of aromatic nitrogens is 1. The van der Waals surface area contributed by atoms with E-state index in [1.54, 1.807) is 12.4 Å². The number of hydrogen-bond donors (Lipinski definition) is 0. The van der Waals surface area contributed by atoms with Gasteiger partial charge < -0.3 is 0 Å². The van der Waals surface area contributed by atoms with Crippen LogP contribution in [-0.2, 0) is 6.42 Å². The zero-order chi connectivity index (χ0) is 8.81. The third kappa shape index (κ3) is 2.07. The first kappa shape index (κ1) is 8.23. The molecule has 3 heteroatoms. The molecule has 0 aromatic carbocycles. The number of hydrogen-bond acceptors (Lipinski definition) is 3. The Labute approximate surface area is 70.9 Å². The summed E-state index contributed by atoms with van der Waals surface area (Å²) in [7, 11) is 0. The van der Waals surface area contributed by atoms with Crippen molar-refractivity contribution < 1.29 is 0 Å². The highest BCUT2D eigenvalue weighted by molar-refractivity contribution is 5.15. The Morgan fingerprint density at radius 2 is 1.83 bits per heavy atom. The topological polar surface area (TPSA) is 60.5 Å². The lowest BCUT2D eigenvalue weighted by molar-refractivity contribution is 0.832. The van der Waals surface area contributed by atoms with Crippen molar-refractivity contribution in [3.05, 3.63) is 30.1 Å². The van der Waals surface area contributed by atoms with Crippen LogP contribution in [0.5, 0.6) is 0 Å². The van der Waals surface area contributed by atoms with Gasteiger partial charge in [0.25, 0.3) is 0 Å². The maximum Gasteiger partial charge on any atom is 0.137 e. The third-order valence-corrected chi connectivity index (χ3v) is 1.50. The standard InChI is InChI=1S/C9H7N3/c10-6-9(7-11)5-8-1-3-12-4-2-8/h1-4,9H,5H2. The molecule has 0 unspecified atom stereocenters. The van der Waals surface area contributed by atoms with Crippen LogP contribution in [0.3, 0.4) is 0 Å². The van der Waals surface area contributed by atoms with E-state index in [1.165, 1.54) is 0 Å². The minimum absolute atomic E-state index is 0.482. The number of pyridine rings is 1. The normalized spacial score (nSPS) is 8.92. The van der Waals surface area contributed by atoms with Gasteiger partial charge in [0.15, 0.2) is 0 Å².